The number of hydrogen-bond donors (Lipinski definition) is 1. The van der Waals surface area contributed by atoms with Crippen molar-refractivity contribution in [1.29, 1.82) is 0 Å². The fourth-order valence-corrected chi connectivity index (χ4v) is 1.39. The fourth-order valence-electron chi connectivity index (χ4n) is 1.39. The molecule has 2 atom stereocenters. The van der Waals surface area contributed by atoms with E-state index in [1.807, 2.05) is 37.3 Å². The van der Waals surface area contributed by atoms with Crippen molar-refractivity contribution in [2.24, 2.45) is 5.92 Å². The third-order valence-electron chi connectivity index (χ3n) is 2.65. The van der Waals surface area contributed by atoms with Crippen LogP contribution >= 0.6 is 0 Å². The Morgan fingerprint density at radius 2 is 2.06 bits per heavy atom. The standard InChI is InChI=1S/C14H20O2/c1-3-12(2)14(15)9-10-16-11-13-7-5-4-6-8-13/h3-8,12,14-15H,1,9-11H2,2H3. The maximum absolute atomic E-state index is 9.66. The predicted octanol–water partition coefficient (Wildman–Crippen LogP) is 2.78. The molecular formula is C14H20O2. The minimum absolute atomic E-state index is 0.125. The van der Waals surface area contributed by atoms with E-state index in [1.165, 1.54) is 0 Å². The summed E-state index contributed by atoms with van der Waals surface area (Å²) in [4.78, 5) is 0. The molecule has 2 nitrogen and oxygen atoms in total. The van der Waals surface area contributed by atoms with E-state index < -0.39 is 0 Å². The summed E-state index contributed by atoms with van der Waals surface area (Å²) in [6.45, 7) is 6.79. The molecule has 1 aromatic rings. The lowest BCUT2D eigenvalue weighted by Crippen LogP contribution is -2.17. The zero-order valence-electron chi connectivity index (χ0n) is 9.80. The molecule has 0 aliphatic rings. The van der Waals surface area contributed by atoms with Crippen molar-refractivity contribution in [2.45, 2.75) is 26.1 Å². The van der Waals surface area contributed by atoms with Gasteiger partial charge in [0.25, 0.3) is 0 Å². The summed E-state index contributed by atoms with van der Waals surface area (Å²) in [5.41, 5.74) is 1.16. The third kappa shape index (κ3) is 4.60. The highest BCUT2D eigenvalue weighted by Crippen LogP contribution is 2.08. The van der Waals surface area contributed by atoms with Crippen LogP contribution in [0.4, 0.5) is 0 Å². The van der Waals surface area contributed by atoms with Gasteiger partial charge in [-0.3, -0.25) is 0 Å². The molecule has 0 spiro atoms. The lowest BCUT2D eigenvalue weighted by atomic mass is 10.0. The second-order valence-corrected chi connectivity index (χ2v) is 3.99. The number of ether oxygens (including phenoxy) is 1. The quantitative estimate of drug-likeness (QED) is 0.565. The number of aliphatic hydroxyl groups excluding tert-OH is 1. The van der Waals surface area contributed by atoms with E-state index in [0.29, 0.717) is 19.6 Å². The number of rotatable bonds is 7. The van der Waals surface area contributed by atoms with Gasteiger partial charge in [0.05, 0.1) is 12.7 Å². The van der Waals surface area contributed by atoms with Crippen LogP contribution in [0.25, 0.3) is 0 Å². The van der Waals surface area contributed by atoms with Crippen LogP contribution < -0.4 is 0 Å². The van der Waals surface area contributed by atoms with Crippen LogP contribution in [0.3, 0.4) is 0 Å². The summed E-state index contributed by atoms with van der Waals surface area (Å²) in [6.07, 6.45) is 2.07. The van der Waals surface area contributed by atoms with Gasteiger partial charge in [-0.1, -0.05) is 43.3 Å². The van der Waals surface area contributed by atoms with Gasteiger partial charge in [0.15, 0.2) is 0 Å². The maximum atomic E-state index is 9.66. The van der Waals surface area contributed by atoms with Crippen molar-refractivity contribution in [1.82, 2.24) is 0 Å². The Balaban J connectivity index is 2.15. The summed E-state index contributed by atoms with van der Waals surface area (Å²) < 4.78 is 5.49. The van der Waals surface area contributed by atoms with E-state index >= 15 is 0 Å². The average Bonchev–Trinajstić information content (AvgIpc) is 2.34. The zero-order chi connectivity index (χ0) is 11.8. The molecule has 16 heavy (non-hydrogen) atoms. The molecule has 1 rings (SSSR count). The van der Waals surface area contributed by atoms with Crippen LogP contribution in [-0.4, -0.2) is 17.8 Å². The minimum Gasteiger partial charge on any atom is -0.392 e. The molecule has 0 saturated carbocycles. The first-order valence-electron chi connectivity index (χ1n) is 5.66. The molecule has 0 fully saturated rings. The van der Waals surface area contributed by atoms with Gasteiger partial charge in [0.2, 0.25) is 0 Å². The maximum Gasteiger partial charge on any atom is 0.0716 e. The van der Waals surface area contributed by atoms with E-state index in [2.05, 4.69) is 6.58 Å². The average molecular weight is 220 g/mol. The molecule has 0 aliphatic carbocycles. The van der Waals surface area contributed by atoms with E-state index in [0.717, 1.165) is 5.56 Å². The van der Waals surface area contributed by atoms with Crippen LogP contribution in [0.15, 0.2) is 43.0 Å². The smallest absolute Gasteiger partial charge is 0.0716 e. The molecule has 0 amide bonds. The number of benzene rings is 1. The van der Waals surface area contributed by atoms with Crippen LogP contribution in [0.1, 0.15) is 18.9 Å². The van der Waals surface area contributed by atoms with Crippen molar-refractivity contribution >= 4 is 0 Å². The normalized spacial score (nSPS) is 14.4. The largest absolute Gasteiger partial charge is 0.392 e. The van der Waals surface area contributed by atoms with Crippen molar-refractivity contribution < 1.29 is 9.84 Å². The highest BCUT2D eigenvalue weighted by Gasteiger charge is 2.09. The molecule has 2 heteroatoms. The first-order chi connectivity index (χ1) is 7.74. The molecule has 2 unspecified atom stereocenters. The molecule has 1 aromatic carbocycles. The third-order valence-corrected chi connectivity index (χ3v) is 2.65. The van der Waals surface area contributed by atoms with Crippen molar-refractivity contribution in [2.75, 3.05) is 6.61 Å². The number of aliphatic hydroxyl groups is 1. The van der Waals surface area contributed by atoms with Crippen molar-refractivity contribution in [3.05, 3.63) is 48.6 Å². The summed E-state index contributed by atoms with van der Waals surface area (Å²) in [5.74, 6) is 0.125. The fraction of sp³-hybridized carbons (Fsp3) is 0.429. The Labute approximate surface area is 97.6 Å². The van der Waals surface area contributed by atoms with Gasteiger partial charge in [-0.15, -0.1) is 6.58 Å². The Morgan fingerprint density at radius 3 is 2.69 bits per heavy atom. The zero-order valence-corrected chi connectivity index (χ0v) is 9.80. The van der Waals surface area contributed by atoms with E-state index in [4.69, 9.17) is 4.74 Å². The van der Waals surface area contributed by atoms with Gasteiger partial charge in [0, 0.05) is 6.61 Å². The van der Waals surface area contributed by atoms with Crippen LogP contribution in [0.2, 0.25) is 0 Å². The van der Waals surface area contributed by atoms with Crippen LogP contribution in [-0.2, 0) is 11.3 Å². The molecule has 0 heterocycles. The van der Waals surface area contributed by atoms with Crippen LogP contribution in [0.5, 0.6) is 0 Å². The minimum atomic E-state index is -0.353. The molecular weight excluding hydrogens is 200 g/mol. The van der Waals surface area contributed by atoms with E-state index in [9.17, 15) is 5.11 Å². The van der Waals surface area contributed by atoms with Crippen molar-refractivity contribution in [3.63, 3.8) is 0 Å². The second kappa shape index (κ2) is 7.20. The molecule has 0 radical (unpaired) electrons. The summed E-state index contributed by atoms with van der Waals surface area (Å²) in [6, 6.07) is 10.0. The van der Waals surface area contributed by atoms with Crippen molar-refractivity contribution in [3.8, 4) is 0 Å². The molecule has 1 N–H and O–H groups in total. The summed E-state index contributed by atoms with van der Waals surface area (Å²) in [5, 5.41) is 9.66. The molecule has 0 aromatic heterocycles. The highest BCUT2D eigenvalue weighted by molar-refractivity contribution is 5.13. The lowest BCUT2D eigenvalue weighted by molar-refractivity contribution is 0.0590. The van der Waals surface area contributed by atoms with Gasteiger partial charge < -0.3 is 9.84 Å². The Hall–Kier alpha value is -1.12. The monoisotopic (exact) mass is 220 g/mol. The topological polar surface area (TPSA) is 29.5 Å². The lowest BCUT2D eigenvalue weighted by Gasteiger charge is -2.14. The summed E-state index contributed by atoms with van der Waals surface area (Å²) in [7, 11) is 0. The Bertz CT molecular complexity index is 295. The molecule has 0 saturated heterocycles. The molecule has 88 valence electrons. The van der Waals surface area contributed by atoms with Gasteiger partial charge in [-0.2, -0.15) is 0 Å². The van der Waals surface area contributed by atoms with Gasteiger partial charge in [-0.05, 0) is 17.9 Å². The number of hydrogen-bond acceptors (Lipinski definition) is 2. The summed E-state index contributed by atoms with van der Waals surface area (Å²) >= 11 is 0. The Morgan fingerprint density at radius 1 is 1.38 bits per heavy atom. The van der Waals surface area contributed by atoms with E-state index in [1.54, 1.807) is 6.08 Å². The first kappa shape index (κ1) is 12.9. The first-order valence-corrected chi connectivity index (χ1v) is 5.66. The molecule has 0 aliphatic heterocycles. The van der Waals surface area contributed by atoms with Gasteiger partial charge in [-0.25, -0.2) is 0 Å². The van der Waals surface area contributed by atoms with Gasteiger partial charge >= 0.3 is 0 Å². The van der Waals surface area contributed by atoms with E-state index in [-0.39, 0.29) is 12.0 Å². The van der Waals surface area contributed by atoms with Crippen LogP contribution in [0, 0.1) is 5.92 Å². The molecule has 0 bridgehead atoms. The van der Waals surface area contributed by atoms with Gasteiger partial charge in [0.1, 0.15) is 0 Å². The highest BCUT2D eigenvalue weighted by atomic mass is 16.5. The second-order valence-electron chi connectivity index (χ2n) is 3.99. The SMILES string of the molecule is C=CC(C)C(O)CCOCc1ccccc1. The predicted molar refractivity (Wildman–Crippen MR) is 66.1 cm³/mol. The Kier molecular flexibility index (Phi) is 5.83.